The van der Waals surface area contributed by atoms with Gasteiger partial charge >= 0.3 is 5.97 Å². The first kappa shape index (κ1) is 12.3. The average molecular weight is 356 g/mol. The summed E-state index contributed by atoms with van der Waals surface area (Å²) in [5, 5.41) is 0. The number of hydrogen-bond donors (Lipinski definition) is 0. The van der Waals surface area contributed by atoms with Crippen LogP contribution in [0, 0.1) is 0 Å². The van der Waals surface area contributed by atoms with Gasteiger partial charge in [-0.25, -0.2) is 4.79 Å². The fraction of sp³-hybridized carbons (Fsp3) is 0. The summed E-state index contributed by atoms with van der Waals surface area (Å²) in [7, 11) is 0. The summed E-state index contributed by atoms with van der Waals surface area (Å²) in [5.41, 5.74) is 0.530. The quantitative estimate of drug-likeness (QED) is 0.588. The van der Waals surface area contributed by atoms with Gasteiger partial charge in [0.2, 0.25) is 0 Å². The molecule has 0 fully saturated rings. The molecule has 2 rings (SSSR count). The summed E-state index contributed by atoms with van der Waals surface area (Å²) < 4.78 is 6.93. The lowest BCUT2D eigenvalue weighted by molar-refractivity contribution is 0.0733. The zero-order valence-electron chi connectivity index (χ0n) is 8.69. The van der Waals surface area contributed by atoms with E-state index in [1.165, 1.54) is 0 Å². The molecule has 4 heteroatoms. The number of benzene rings is 2. The molecule has 0 N–H and O–H groups in total. The van der Waals surface area contributed by atoms with E-state index in [0.717, 1.165) is 8.95 Å². The van der Waals surface area contributed by atoms with Crippen molar-refractivity contribution in [3.8, 4) is 5.75 Å². The molecule has 17 heavy (non-hydrogen) atoms. The minimum Gasteiger partial charge on any atom is -0.422 e. The van der Waals surface area contributed by atoms with Crippen LogP contribution in [0.3, 0.4) is 0 Å². The third kappa shape index (κ3) is 3.17. The monoisotopic (exact) mass is 354 g/mol. The highest BCUT2D eigenvalue weighted by molar-refractivity contribution is 9.11. The highest BCUT2D eigenvalue weighted by atomic mass is 79.9. The molecule has 0 aromatic heterocycles. The Hall–Kier alpha value is -1.13. The molecule has 0 bridgehead atoms. The zero-order valence-corrected chi connectivity index (χ0v) is 11.9. The van der Waals surface area contributed by atoms with Crippen molar-refractivity contribution in [2.75, 3.05) is 0 Å². The molecule has 86 valence electrons. The van der Waals surface area contributed by atoms with Crippen LogP contribution in [0.25, 0.3) is 0 Å². The maximum atomic E-state index is 11.8. The SMILES string of the molecule is O=C(Oc1ccc(Br)cc1Br)c1ccccc1. The molecule has 0 amide bonds. The number of rotatable bonds is 2. The molecule has 2 aromatic carbocycles. The van der Waals surface area contributed by atoms with Gasteiger partial charge in [0.1, 0.15) is 5.75 Å². The fourth-order valence-electron chi connectivity index (χ4n) is 1.29. The first-order chi connectivity index (χ1) is 8.16. The van der Waals surface area contributed by atoms with Crippen LogP contribution in [0.5, 0.6) is 5.75 Å². The van der Waals surface area contributed by atoms with E-state index in [1.807, 2.05) is 18.2 Å². The van der Waals surface area contributed by atoms with Crippen LogP contribution in [0.2, 0.25) is 0 Å². The van der Waals surface area contributed by atoms with Gasteiger partial charge in [-0.05, 0) is 46.3 Å². The Morgan fingerprint density at radius 3 is 2.35 bits per heavy atom. The summed E-state index contributed by atoms with van der Waals surface area (Å²) in [4.78, 5) is 11.8. The number of halogens is 2. The van der Waals surface area contributed by atoms with Gasteiger partial charge in [0.05, 0.1) is 10.0 Å². The van der Waals surface area contributed by atoms with E-state index >= 15 is 0 Å². The topological polar surface area (TPSA) is 26.3 Å². The van der Waals surface area contributed by atoms with Crippen LogP contribution in [0.4, 0.5) is 0 Å². The molecule has 0 unspecified atom stereocenters. The molecule has 0 aliphatic rings. The zero-order chi connectivity index (χ0) is 12.3. The summed E-state index contributed by atoms with van der Waals surface area (Å²) >= 11 is 6.68. The first-order valence-electron chi connectivity index (χ1n) is 4.89. The van der Waals surface area contributed by atoms with Crippen LogP contribution >= 0.6 is 31.9 Å². The van der Waals surface area contributed by atoms with Gasteiger partial charge in [-0.2, -0.15) is 0 Å². The molecule has 0 heterocycles. The number of hydrogen-bond acceptors (Lipinski definition) is 2. The van der Waals surface area contributed by atoms with E-state index in [0.29, 0.717) is 11.3 Å². The minimum absolute atomic E-state index is 0.367. The van der Waals surface area contributed by atoms with E-state index in [-0.39, 0.29) is 5.97 Å². The second-order valence-corrected chi connectivity index (χ2v) is 5.10. The largest absolute Gasteiger partial charge is 0.422 e. The maximum absolute atomic E-state index is 11.8. The van der Waals surface area contributed by atoms with Crippen molar-refractivity contribution >= 4 is 37.8 Å². The molecule has 0 aliphatic heterocycles. The lowest BCUT2D eigenvalue weighted by atomic mass is 10.2. The summed E-state index contributed by atoms with van der Waals surface area (Å²) in [6, 6.07) is 14.3. The molecular weight excluding hydrogens is 348 g/mol. The van der Waals surface area contributed by atoms with Crippen molar-refractivity contribution in [2.24, 2.45) is 0 Å². The molecule has 0 saturated carbocycles. The van der Waals surface area contributed by atoms with Gasteiger partial charge in [-0.1, -0.05) is 34.1 Å². The summed E-state index contributed by atoms with van der Waals surface area (Å²) in [5.74, 6) is 0.135. The number of carbonyl (C=O) groups is 1. The van der Waals surface area contributed by atoms with Crippen molar-refractivity contribution in [1.29, 1.82) is 0 Å². The third-order valence-corrected chi connectivity index (χ3v) is 3.22. The second-order valence-electron chi connectivity index (χ2n) is 3.33. The highest BCUT2D eigenvalue weighted by Gasteiger charge is 2.10. The minimum atomic E-state index is -0.367. The van der Waals surface area contributed by atoms with Gasteiger partial charge in [0.25, 0.3) is 0 Å². The van der Waals surface area contributed by atoms with Crippen LogP contribution in [-0.2, 0) is 0 Å². The molecule has 0 aliphatic carbocycles. The summed E-state index contributed by atoms with van der Waals surface area (Å²) in [6.07, 6.45) is 0. The molecule has 2 aromatic rings. The van der Waals surface area contributed by atoms with Gasteiger partial charge in [-0.15, -0.1) is 0 Å². The molecular formula is C13H8Br2O2. The normalized spacial score (nSPS) is 10.0. The first-order valence-corrected chi connectivity index (χ1v) is 6.48. The lowest BCUT2D eigenvalue weighted by Gasteiger charge is -2.06. The van der Waals surface area contributed by atoms with Crippen molar-refractivity contribution in [1.82, 2.24) is 0 Å². The lowest BCUT2D eigenvalue weighted by Crippen LogP contribution is -2.08. The van der Waals surface area contributed by atoms with E-state index in [1.54, 1.807) is 30.3 Å². The predicted molar refractivity (Wildman–Crippen MR) is 73.2 cm³/mol. The smallest absolute Gasteiger partial charge is 0.343 e. The maximum Gasteiger partial charge on any atom is 0.343 e. The van der Waals surface area contributed by atoms with E-state index in [4.69, 9.17) is 4.74 Å². The van der Waals surface area contributed by atoms with E-state index in [2.05, 4.69) is 31.9 Å². The van der Waals surface area contributed by atoms with Crippen molar-refractivity contribution in [2.45, 2.75) is 0 Å². The average Bonchev–Trinajstić information content (AvgIpc) is 2.34. The Balaban J connectivity index is 2.19. The van der Waals surface area contributed by atoms with Crippen LogP contribution in [0.1, 0.15) is 10.4 Å². The fourth-order valence-corrected chi connectivity index (χ4v) is 2.42. The molecule has 2 nitrogen and oxygen atoms in total. The molecule has 0 radical (unpaired) electrons. The second kappa shape index (κ2) is 5.47. The van der Waals surface area contributed by atoms with Gasteiger partial charge in [0.15, 0.2) is 0 Å². The Kier molecular flexibility index (Phi) is 3.97. The predicted octanol–water partition coefficient (Wildman–Crippen LogP) is 4.43. The molecule has 0 spiro atoms. The van der Waals surface area contributed by atoms with Gasteiger partial charge in [-0.3, -0.25) is 0 Å². The van der Waals surface area contributed by atoms with Crippen molar-refractivity contribution in [3.05, 3.63) is 63.0 Å². The highest BCUT2D eigenvalue weighted by Crippen LogP contribution is 2.28. The Bertz CT molecular complexity index is 538. The summed E-state index contributed by atoms with van der Waals surface area (Å²) in [6.45, 7) is 0. The van der Waals surface area contributed by atoms with Crippen molar-refractivity contribution < 1.29 is 9.53 Å². The standard InChI is InChI=1S/C13H8Br2O2/c14-10-6-7-12(11(15)8-10)17-13(16)9-4-2-1-3-5-9/h1-8H. The Labute approximate surface area is 116 Å². The Morgan fingerprint density at radius 1 is 1.00 bits per heavy atom. The number of carbonyl (C=O) groups excluding carboxylic acids is 1. The van der Waals surface area contributed by atoms with Crippen LogP contribution in [0.15, 0.2) is 57.5 Å². The molecule has 0 atom stereocenters. The van der Waals surface area contributed by atoms with E-state index in [9.17, 15) is 4.79 Å². The van der Waals surface area contributed by atoms with E-state index < -0.39 is 0 Å². The number of esters is 1. The van der Waals surface area contributed by atoms with Crippen molar-refractivity contribution in [3.63, 3.8) is 0 Å². The molecule has 0 saturated heterocycles. The van der Waals surface area contributed by atoms with Crippen LogP contribution in [-0.4, -0.2) is 5.97 Å². The third-order valence-electron chi connectivity index (χ3n) is 2.11. The van der Waals surface area contributed by atoms with Gasteiger partial charge < -0.3 is 4.74 Å². The Morgan fingerprint density at radius 2 is 1.71 bits per heavy atom. The number of ether oxygens (including phenoxy) is 1. The van der Waals surface area contributed by atoms with Gasteiger partial charge in [0, 0.05) is 4.47 Å². The van der Waals surface area contributed by atoms with Crippen LogP contribution < -0.4 is 4.74 Å².